The van der Waals surface area contributed by atoms with Crippen LogP contribution in [0.2, 0.25) is 19.6 Å². The molecule has 0 amide bonds. The minimum absolute atomic E-state index is 0.957. The third-order valence-corrected chi connectivity index (χ3v) is 3.19. The molecule has 0 bridgehead atoms. The first-order valence-electron chi connectivity index (χ1n) is 6.37. The fraction of sp³-hybridized carbons (Fsp3) is 0.714. The lowest BCUT2D eigenvalue weighted by molar-refractivity contribution is 0.403. The molecule has 0 heterocycles. The van der Waals surface area contributed by atoms with Gasteiger partial charge in [-0.15, -0.1) is 0 Å². The number of hydrogen-bond acceptors (Lipinski definition) is 1. The van der Waals surface area contributed by atoms with Crippen molar-refractivity contribution in [2.75, 3.05) is 0 Å². The van der Waals surface area contributed by atoms with Gasteiger partial charge in [-0.2, -0.15) is 0 Å². The van der Waals surface area contributed by atoms with Crippen LogP contribution in [0.15, 0.2) is 24.0 Å². The van der Waals surface area contributed by atoms with E-state index >= 15 is 0 Å². The van der Waals surface area contributed by atoms with Gasteiger partial charge in [0, 0.05) is 6.42 Å². The van der Waals surface area contributed by atoms with E-state index < -0.39 is 8.32 Å². The minimum Gasteiger partial charge on any atom is -0.548 e. The van der Waals surface area contributed by atoms with Gasteiger partial charge in [0.05, 0.1) is 5.76 Å². The van der Waals surface area contributed by atoms with E-state index in [0.29, 0.717) is 0 Å². The van der Waals surface area contributed by atoms with Crippen molar-refractivity contribution < 1.29 is 4.43 Å². The molecule has 0 aromatic heterocycles. The zero-order valence-corrected chi connectivity index (χ0v) is 12.7. The average molecular weight is 240 g/mol. The maximum absolute atomic E-state index is 5.82. The van der Waals surface area contributed by atoms with Crippen molar-refractivity contribution in [1.82, 2.24) is 0 Å². The van der Waals surface area contributed by atoms with Gasteiger partial charge >= 0.3 is 0 Å². The highest BCUT2D eigenvalue weighted by molar-refractivity contribution is 6.70. The molecule has 0 rings (SSSR count). The molecule has 16 heavy (non-hydrogen) atoms. The third kappa shape index (κ3) is 10.0. The summed E-state index contributed by atoms with van der Waals surface area (Å²) in [6.07, 6.45) is 8.17. The van der Waals surface area contributed by atoms with Gasteiger partial charge < -0.3 is 4.43 Å². The highest BCUT2D eigenvalue weighted by Gasteiger charge is 2.16. The van der Waals surface area contributed by atoms with Crippen LogP contribution in [0.4, 0.5) is 0 Å². The smallest absolute Gasteiger partial charge is 0.241 e. The van der Waals surface area contributed by atoms with Crippen molar-refractivity contribution in [2.45, 2.75) is 65.6 Å². The van der Waals surface area contributed by atoms with E-state index in [1.807, 2.05) is 0 Å². The maximum Gasteiger partial charge on any atom is 0.241 e. The van der Waals surface area contributed by atoms with Crippen LogP contribution in [0.5, 0.6) is 0 Å². The zero-order valence-electron chi connectivity index (χ0n) is 11.7. The Balaban J connectivity index is 3.76. The molecule has 0 saturated carbocycles. The second-order valence-electron chi connectivity index (χ2n) is 5.45. The van der Waals surface area contributed by atoms with E-state index in [1.54, 1.807) is 0 Å². The molecule has 0 radical (unpaired) electrons. The van der Waals surface area contributed by atoms with Gasteiger partial charge in [0.15, 0.2) is 0 Å². The summed E-state index contributed by atoms with van der Waals surface area (Å²) in [7, 11) is -1.44. The van der Waals surface area contributed by atoms with Gasteiger partial charge in [0.1, 0.15) is 0 Å². The summed E-state index contributed by atoms with van der Waals surface area (Å²) in [6, 6.07) is 0. The first-order chi connectivity index (χ1) is 7.35. The largest absolute Gasteiger partial charge is 0.548 e. The highest BCUT2D eigenvalue weighted by Crippen LogP contribution is 2.15. The number of rotatable bonds is 8. The SMILES string of the molecule is C=C(CCC=C(C)CCCC)O[Si](C)(C)C. The fourth-order valence-electron chi connectivity index (χ4n) is 1.52. The van der Waals surface area contributed by atoms with Gasteiger partial charge in [-0.25, -0.2) is 0 Å². The van der Waals surface area contributed by atoms with E-state index in [0.717, 1.165) is 18.6 Å². The van der Waals surface area contributed by atoms with Crippen LogP contribution in [-0.4, -0.2) is 8.32 Å². The van der Waals surface area contributed by atoms with Gasteiger partial charge in [-0.3, -0.25) is 0 Å². The Labute approximate surface area is 103 Å². The lowest BCUT2D eigenvalue weighted by Crippen LogP contribution is -2.24. The Kier molecular flexibility index (Phi) is 7.48. The molecule has 0 saturated heterocycles. The van der Waals surface area contributed by atoms with Gasteiger partial charge in [-0.05, 0) is 45.8 Å². The van der Waals surface area contributed by atoms with Crippen molar-refractivity contribution in [3.8, 4) is 0 Å². The van der Waals surface area contributed by atoms with Crippen LogP contribution >= 0.6 is 0 Å². The molecular formula is C14H28OSi. The summed E-state index contributed by atoms with van der Waals surface area (Å²) in [5.74, 6) is 0.957. The normalized spacial score (nSPS) is 12.7. The van der Waals surface area contributed by atoms with E-state index in [-0.39, 0.29) is 0 Å². The molecular weight excluding hydrogens is 212 g/mol. The van der Waals surface area contributed by atoms with E-state index in [9.17, 15) is 0 Å². The average Bonchev–Trinajstić information content (AvgIpc) is 2.11. The number of allylic oxidation sites excluding steroid dienone is 3. The van der Waals surface area contributed by atoms with Crippen LogP contribution < -0.4 is 0 Å². The van der Waals surface area contributed by atoms with Crippen LogP contribution in [0.3, 0.4) is 0 Å². The minimum atomic E-state index is -1.44. The molecule has 0 aliphatic carbocycles. The summed E-state index contributed by atoms with van der Waals surface area (Å²) in [6.45, 7) is 15.0. The Hall–Kier alpha value is -0.503. The Morgan fingerprint density at radius 2 is 1.88 bits per heavy atom. The predicted molar refractivity (Wildman–Crippen MR) is 76.1 cm³/mol. The quantitative estimate of drug-likeness (QED) is 0.319. The van der Waals surface area contributed by atoms with Crippen LogP contribution in [-0.2, 0) is 4.43 Å². The van der Waals surface area contributed by atoms with Crippen molar-refractivity contribution in [3.63, 3.8) is 0 Å². The summed E-state index contributed by atoms with van der Waals surface area (Å²) in [5.41, 5.74) is 1.50. The second kappa shape index (κ2) is 7.72. The van der Waals surface area contributed by atoms with Crippen molar-refractivity contribution in [1.29, 1.82) is 0 Å². The summed E-state index contributed by atoms with van der Waals surface area (Å²) < 4.78 is 5.82. The summed E-state index contributed by atoms with van der Waals surface area (Å²) >= 11 is 0. The van der Waals surface area contributed by atoms with E-state index in [4.69, 9.17) is 4.43 Å². The lowest BCUT2D eigenvalue weighted by Gasteiger charge is -2.20. The monoisotopic (exact) mass is 240 g/mol. The fourth-order valence-corrected chi connectivity index (χ4v) is 2.49. The van der Waals surface area contributed by atoms with Crippen molar-refractivity contribution >= 4 is 8.32 Å². The molecule has 0 atom stereocenters. The molecule has 94 valence electrons. The molecule has 0 aliphatic heterocycles. The van der Waals surface area contributed by atoms with Gasteiger partial charge in [0.2, 0.25) is 8.32 Å². The predicted octanol–water partition coefficient (Wildman–Crippen LogP) is 5.27. The topological polar surface area (TPSA) is 9.23 Å². The number of hydrogen-bond donors (Lipinski definition) is 0. The van der Waals surface area contributed by atoms with Crippen molar-refractivity contribution in [3.05, 3.63) is 24.0 Å². The molecule has 0 unspecified atom stereocenters. The molecule has 0 aromatic rings. The zero-order chi connectivity index (χ0) is 12.6. The maximum atomic E-state index is 5.82. The van der Waals surface area contributed by atoms with Crippen molar-refractivity contribution in [2.24, 2.45) is 0 Å². The first kappa shape index (κ1) is 15.5. The highest BCUT2D eigenvalue weighted by atomic mass is 28.4. The van der Waals surface area contributed by atoms with Crippen LogP contribution in [0.1, 0.15) is 46.0 Å². The van der Waals surface area contributed by atoms with Crippen LogP contribution in [0.25, 0.3) is 0 Å². The molecule has 0 aromatic carbocycles. The Morgan fingerprint density at radius 1 is 1.25 bits per heavy atom. The van der Waals surface area contributed by atoms with Gasteiger partial charge in [-0.1, -0.05) is 31.6 Å². The molecule has 0 spiro atoms. The molecule has 2 heteroatoms. The molecule has 0 aliphatic rings. The summed E-state index contributed by atoms with van der Waals surface area (Å²) in [5, 5.41) is 0. The molecule has 1 nitrogen and oxygen atoms in total. The second-order valence-corrected chi connectivity index (χ2v) is 9.87. The lowest BCUT2D eigenvalue weighted by atomic mass is 10.1. The van der Waals surface area contributed by atoms with Gasteiger partial charge in [0.25, 0.3) is 0 Å². The molecule has 0 N–H and O–H groups in total. The summed E-state index contributed by atoms with van der Waals surface area (Å²) in [4.78, 5) is 0. The van der Waals surface area contributed by atoms with Crippen LogP contribution in [0, 0.1) is 0 Å². The first-order valence-corrected chi connectivity index (χ1v) is 9.78. The third-order valence-electron chi connectivity index (χ3n) is 2.29. The number of unbranched alkanes of at least 4 members (excludes halogenated alkanes) is 1. The Bertz CT molecular complexity index is 236. The molecule has 0 fully saturated rings. The van der Waals surface area contributed by atoms with E-state index in [1.165, 1.54) is 24.8 Å². The standard InChI is InChI=1S/C14H28OSi/c1-7-8-10-13(2)11-9-12-14(3)15-16(4,5)6/h11H,3,7-10,12H2,1-2,4-6H3. The van der Waals surface area contributed by atoms with E-state index in [2.05, 4.69) is 46.1 Å². The Morgan fingerprint density at radius 3 is 2.38 bits per heavy atom.